The van der Waals surface area contributed by atoms with Gasteiger partial charge in [-0.3, -0.25) is 9.59 Å². The number of amides is 1. The molecule has 0 fully saturated rings. The van der Waals surface area contributed by atoms with Gasteiger partial charge in [0.05, 0.1) is 5.75 Å². The number of nitrogens with two attached hydrogens (primary N) is 1. The number of hydrogen-bond donors (Lipinski definition) is 3. The van der Waals surface area contributed by atoms with Gasteiger partial charge in [-0.2, -0.15) is 11.8 Å². The fraction of sp³-hybridized carbons (Fsp3) is 0.429. The Labute approximate surface area is 127 Å². The molecule has 0 radical (unpaired) electrons. The minimum Gasteiger partial charge on any atom is -0.480 e. The van der Waals surface area contributed by atoms with Crippen molar-refractivity contribution < 1.29 is 19.1 Å². The average Bonchev–Trinajstić information content (AvgIpc) is 2.44. The van der Waals surface area contributed by atoms with Gasteiger partial charge in [0.25, 0.3) is 0 Å². The highest BCUT2D eigenvalue weighted by atomic mass is 32.2. The molecule has 21 heavy (non-hydrogen) atoms. The van der Waals surface area contributed by atoms with Crippen molar-refractivity contribution in [2.45, 2.75) is 25.9 Å². The van der Waals surface area contributed by atoms with Crippen LogP contribution in [0.5, 0.6) is 0 Å². The lowest BCUT2D eigenvalue weighted by Crippen LogP contribution is -2.31. The maximum Gasteiger partial charge on any atom is 0.320 e. The van der Waals surface area contributed by atoms with E-state index in [2.05, 4.69) is 5.32 Å². The van der Waals surface area contributed by atoms with Gasteiger partial charge in [-0.05, 0) is 36.3 Å². The van der Waals surface area contributed by atoms with Crippen LogP contribution in [0.3, 0.4) is 0 Å². The van der Waals surface area contributed by atoms with Crippen molar-refractivity contribution in [2.24, 2.45) is 5.73 Å². The monoisotopic (exact) mass is 314 g/mol. The molecule has 0 saturated carbocycles. The maximum atomic E-state index is 13.1. The van der Waals surface area contributed by atoms with Crippen molar-refractivity contribution in [1.82, 2.24) is 5.32 Å². The number of benzene rings is 1. The van der Waals surface area contributed by atoms with Crippen molar-refractivity contribution in [3.05, 3.63) is 35.1 Å². The molecule has 1 atom stereocenters. The molecule has 0 bridgehead atoms. The summed E-state index contributed by atoms with van der Waals surface area (Å²) in [6, 6.07) is 3.80. The van der Waals surface area contributed by atoms with Gasteiger partial charge < -0.3 is 16.2 Å². The number of carbonyl (C=O) groups is 2. The molecule has 0 aromatic heterocycles. The van der Waals surface area contributed by atoms with Crippen LogP contribution in [0, 0.1) is 12.7 Å². The molecule has 0 heterocycles. The van der Waals surface area contributed by atoms with Crippen LogP contribution in [-0.4, -0.2) is 34.5 Å². The van der Waals surface area contributed by atoms with E-state index in [-0.39, 0.29) is 17.5 Å². The molecular formula is C14H19FN2O3S. The number of rotatable bonds is 8. The molecule has 1 unspecified atom stereocenters. The molecular weight excluding hydrogens is 295 g/mol. The minimum absolute atomic E-state index is 0.147. The lowest BCUT2D eigenvalue weighted by atomic mass is 10.1. The Morgan fingerprint density at radius 1 is 1.48 bits per heavy atom. The summed E-state index contributed by atoms with van der Waals surface area (Å²) in [6.07, 6.45) is 0.324. The van der Waals surface area contributed by atoms with Gasteiger partial charge in [-0.15, -0.1) is 0 Å². The van der Waals surface area contributed by atoms with Crippen LogP contribution in [0.25, 0.3) is 0 Å². The van der Waals surface area contributed by atoms with Gasteiger partial charge in [0.2, 0.25) is 5.91 Å². The molecule has 1 aromatic rings. The van der Waals surface area contributed by atoms with E-state index in [9.17, 15) is 14.0 Å². The summed E-state index contributed by atoms with van der Waals surface area (Å²) < 4.78 is 13.1. The van der Waals surface area contributed by atoms with E-state index < -0.39 is 12.0 Å². The van der Waals surface area contributed by atoms with Crippen LogP contribution in [-0.2, 0) is 16.1 Å². The third kappa shape index (κ3) is 6.59. The van der Waals surface area contributed by atoms with Crippen LogP contribution in [0.4, 0.5) is 4.39 Å². The second-order valence-corrected chi connectivity index (χ2v) is 5.75. The van der Waals surface area contributed by atoms with E-state index in [1.807, 2.05) is 0 Å². The summed E-state index contributed by atoms with van der Waals surface area (Å²) in [7, 11) is 0. The predicted molar refractivity (Wildman–Crippen MR) is 80.5 cm³/mol. The normalized spacial score (nSPS) is 12.0. The van der Waals surface area contributed by atoms with Gasteiger partial charge in [0.1, 0.15) is 11.9 Å². The molecule has 0 saturated heterocycles. The largest absolute Gasteiger partial charge is 0.480 e. The van der Waals surface area contributed by atoms with E-state index in [1.54, 1.807) is 19.1 Å². The molecule has 0 aliphatic heterocycles. The molecule has 1 rings (SSSR count). The van der Waals surface area contributed by atoms with Crippen LogP contribution >= 0.6 is 11.8 Å². The van der Waals surface area contributed by atoms with Gasteiger partial charge >= 0.3 is 5.97 Å². The van der Waals surface area contributed by atoms with Crippen molar-refractivity contribution in [2.75, 3.05) is 11.5 Å². The second kappa shape index (κ2) is 8.63. The zero-order valence-corrected chi connectivity index (χ0v) is 12.6. The summed E-state index contributed by atoms with van der Waals surface area (Å²) in [5.41, 5.74) is 6.72. The maximum absolute atomic E-state index is 13.1. The Morgan fingerprint density at radius 3 is 2.81 bits per heavy atom. The first kappa shape index (κ1) is 17.5. The van der Waals surface area contributed by atoms with Gasteiger partial charge in [0.15, 0.2) is 0 Å². The number of hydrogen-bond acceptors (Lipinski definition) is 4. The number of nitrogens with one attached hydrogen (secondary N) is 1. The topological polar surface area (TPSA) is 92.4 Å². The Kier molecular flexibility index (Phi) is 7.18. The van der Waals surface area contributed by atoms with E-state index in [0.29, 0.717) is 24.3 Å². The van der Waals surface area contributed by atoms with E-state index in [1.165, 1.54) is 17.8 Å². The van der Waals surface area contributed by atoms with Gasteiger partial charge in [-0.25, -0.2) is 4.39 Å². The first-order chi connectivity index (χ1) is 9.90. The molecule has 4 N–H and O–H groups in total. The van der Waals surface area contributed by atoms with Crippen LogP contribution < -0.4 is 11.1 Å². The standard InChI is InChI=1S/C14H19FN2O3S/c1-9-6-10(2-3-11(9)15)7-17-13(18)8-21-5-4-12(16)14(19)20/h2-3,6,12H,4-5,7-8,16H2,1H3,(H,17,18)(H,19,20). The fourth-order valence-electron chi connectivity index (χ4n) is 1.57. The molecule has 0 aliphatic carbocycles. The Hall–Kier alpha value is -1.60. The van der Waals surface area contributed by atoms with Crippen molar-refractivity contribution in [3.63, 3.8) is 0 Å². The molecule has 1 aromatic carbocycles. The van der Waals surface area contributed by atoms with Crippen LogP contribution in [0.1, 0.15) is 17.5 Å². The lowest BCUT2D eigenvalue weighted by molar-refractivity contribution is -0.138. The van der Waals surface area contributed by atoms with Crippen LogP contribution in [0.2, 0.25) is 0 Å². The summed E-state index contributed by atoms with van der Waals surface area (Å²) in [6.45, 7) is 2.01. The van der Waals surface area contributed by atoms with Crippen LogP contribution in [0.15, 0.2) is 18.2 Å². The molecule has 1 amide bonds. The lowest BCUT2D eigenvalue weighted by Gasteiger charge is -2.08. The Bertz CT molecular complexity index is 511. The number of aliphatic carboxylic acids is 1. The zero-order valence-electron chi connectivity index (χ0n) is 11.8. The highest BCUT2D eigenvalue weighted by molar-refractivity contribution is 7.99. The predicted octanol–water partition coefficient (Wildman–Crippen LogP) is 1.29. The highest BCUT2D eigenvalue weighted by Crippen LogP contribution is 2.09. The summed E-state index contributed by atoms with van der Waals surface area (Å²) in [5, 5.41) is 11.3. The first-order valence-electron chi connectivity index (χ1n) is 6.48. The highest BCUT2D eigenvalue weighted by Gasteiger charge is 2.11. The fourth-order valence-corrected chi connectivity index (χ4v) is 2.42. The molecule has 0 aliphatic rings. The van der Waals surface area contributed by atoms with Crippen molar-refractivity contribution in [3.8, 4) is 0 Å². The van der Waals surface area contributed by atoms with E-state index in [0.717, 1.165) is 5.56 Å². The average molecular weight is 314 g/mol. The molecule has 7 heteroatoms. The number of carboxylic acid groups (broad SMARTS) is 1. The Morgan fingerprint density at radius 2 is 2.19 bits per heavy atom. The summed E-state index contributed by atoms with van der Waals surface area (Å²) in [5.74, 6) is -0.698. The third-order valence-corrected chi connectivity index (χ3v) is 3.83. The first-order valence-corrected chi connectivity index (χ1v) is 7.63. The SMILES string of the molecule is Cc1cc(CNC(=O)CSCCC(N)C(=O)O)ccc1F. The number of carbonyl (C=O) groups excluding carboxylic acids is 1. The molecule has 116 valence electrons. The van der Waals surface area contributed by atoms with Gasteiger partial charge in [-0.1, -0.05) is 12.1 Å². The molecule has 5 nitrogen and oxygen atoms in total. The molecule has 0 spiro atoms. The van der Waals surface area contributed by atoms with E-state index >= 15 is 0 Å². The number of aryl methyl sites for hydroxylation is 1. The number of carboxylic acids is 1. The van der Waals surface area contributed by atoms with Crippen molar-refractivity contribution in [1.29, 1.82) is 0 Å². The smallest absolute Gasteiger partial charge is 0.320 e. The summed E-state index contributed by atoms with van der Waals surface area (Å²) >= 11 is 1.33. The zero-order chi connectivity index (χ0) is 15.8. The number of thioether (sulfide) groups is 1. The van der Waals surface area contributed by atoms with E-state index in [4.69, 9.17) is 10.8 Å². The van der Waals surface area contributed by atoms with Crippen molar-refractivity contribution >= 4 is 23.6 Å². The van der Waals surface area contributed by atoms with Gasteiger partial charge in [0, 0.05) is 6.54 Å². The quantitative estimate of drug-likeness (QED) is 0.629. The summed E-state index contributed by atoms with van der Waals surface area (Å²) in [4.78, 5) is 22.1. The minimum atomic E-state index is -1.04. The third-order valence-electron chi connectivity index (χ3n) is 2.84. The Balaban J connectivity index is 2.22. The number of halogens is 1. The second-order valence-electron chi connectivity index (χ2n) is 4.65.